The van der Waals surface area contributed by atoms with Crippen LogP contribution >= 0.6 is 11.8 Å². The largest absolute Gasteiger partial charge is 0.354 e. The number of amides is 3. The molecule has 1 aromatic heterocycles. The van der Waals surface area contributed by atoms with Gasteiger partial charge in [-0.2, -0.15) is 5.10 Å². The summed E-state index contributed by atoms with van der Waals surface area (Å²) in [5, 5.41) is 9.59. The summed E-state index contributed by atoms with van der Waals surface area (Å²) in [5.74, 6) is -1.22. The normalized spacial score (nSPS) is 15.0. The molecule has 2 N–H and O–H groups in total. The number of imide groups is 1. The molecule has 32 heavy (non-hydrogen) atoms. The van der Waals surface area contributed by atoms with Crippen LogP contribution in [-0.2, 0) is 16.0 Å². The quantitative estimate of drug-likeness (QED) is 0.556. The number of hydrogen-bond donors (Lipinski definition) is 2. The Morgan fingerprint density at radius 3 is 2.56 bits per heavy atom. The molecule has 2 heterocycles. The Morgan fingerprint density at radius 1 is 1.09 bits per heavy atom. The monoisotopic (exact) mass is 452 g/mol. The minimum Gasteiger partial charge on any atom is -0.354 e. The smallest absolute Gasteiger partial charge is 0.293 e. The minimum atomic E-state index is -0.466. The lowest BCUT2D eigenvalue weighted by Gasteiger charge is -2.13. The van der Waals surface area contributed by atoms with E-state index in [0.717, 1.165) is 16.7 Å². The van der Waals surface area contributed by atoms with Crippen LogP contribution in [0.2, 0.25) is 0 Å². The predicted octanol–water partition coefficient (Wildman–Crippen LogP) is 2.46. The number of halogens is 1. The lowest BCUT2D eigenvalue weighted by molar-refractivity contribution is -0.124. The number of rotatable bonds is 6. The van der Waals surface area contributed by atoms with Gasteiger partial charge in [-0.1, -0.05) is 30.3 Å². The van der Waals surface area contributed by atoms with Gasteiger partial charge in [-0.05, 0) is 41.6 Å². The van der Waals surface area contributed by atoms with Gasteiger partial charge in [0.05, 0.1) is 22.4 Å². The molecule has 1 saturated heterocycles. The number of aromatic nitrogens is 2. The highest BCUT2D eigenvalue weighted by Gasteiger charge is 2.34. The Hall–Kier alpha value is -3.79. The van der Waals surface area contributed by atoms with Gasteiger partial charge in [0.25, 0.3) is 16.7 Å². The van der Waals surface area contributed by atoms with Crippen molar-refractivity contribution in [1.82, 2.24) is 20.4 Å². The van der Waals surface area contributed by atoms with Crippen LogP contribution in [0.3, 0.4) is 0 Å². The Kier molecular flexibility index (Phi) is 6.13. The van der Waals surface area contributed by atoms with Crippen molar-refractivity contribution in [3.05, 3.63) is 80.9 Å². The standard InChI is InChI=1S/C22H17FN4O4S/c23-14-7-5-13(6-8-14)11-18-21(30)27(22(31)32-18)10-9-24-19(28)12-17-15-3-1-2-4-16(15)20(29)26-25-17/h1-8,11H,9-10,12H2,(H,24,28)(H,26,29)/b18-11-. The van der Waals surface area contributed by atoms with E-state index >= 15 is 0 Å². The summed E-state index contributed by atoms with van der Waals surface area (Å²) >= 11 is 0.793. The van der Waals surface area contributed by atoms with Gasteiger partial charge in [0.15, 0.2) is 0 Å². The third kappa shape index (κ3) is 4.59. The molecule has 0 bridgehead atoms. The maximum Gasteiger partial charge on any atom is 0.293 e. The van der Waals surface area contributed by atoms with Gasteiger partial charge in [-0.25, -0.2) is 9.49 Å². The zero-order chi connectivity index (χ0) is 22.7. The second kappa shape index (κ2) is 9.15. The average Bonchev–Trinajstić information content (AvgIpc) is 3.05. The van der Waals surface area contributed by atoms with Crippen molar-refractivity contribution in [2.45, 2.75) is 6.42 Å². The maximum absolute atomic E-state index is 13.0. The Labute approximate surface area is 185 Å². The minimum absolute atomic E-state index is 0.0109. The molecule has 4 rings (SSSR count). The SMILES string of the molecule is O=C(Cc1n[nH]c(=O)c2ccccc12)NCCN1C(=O)S/C(=C\c2ccc(F)cc2)C1=O. The van der Waals surface area contributed by atoms with Gasteiger partial charge >= 0.3 is 0 Å². The molecular formula is C22H17FN4O4S. The van der Waals surface area contributed by atoms with Gasteiger partial charge in [-0.15, -0.1) is 0 Å². The van der Waals surface area contributed by atoms with Crippen molar-refractivity contribution in [3.63, 3.8) is 0 Å². The Balaban J connectivity index is 1.35. The van der Waals surface area contributed by atoms with Gasteiger partial charge in [0, 0.05) is 18.5 Å². The molecule has 0 saturated carbocycles. The van der Waals surface area contributed by atoms with Gasteiger partial charge in [0.2, 0.25) is 5.91 Å². The highest BCUT2D eigenvalue weighted by atomic mass is 32.2. The number of carbonyl (C=O) groups is 3. The number of thioether (sulfide) groups is 1. The van der Waals surface area contributed by atoms with Crippen LogP contribution in [0.15, 0.2) is 58.2 Å². The highest BCUT2D eigenvalue weighted by Crippen LogP contribution is 2.31. The van der Waals surface area contributed by atoms with Crippen molar-refractivity contribution in [2.75, 3.05) is 13.1 Å². The van der Waals surface area contributed by atoms with E-state index in [0.29, 0.717) is 22.0 Å². The average molecular weight is 452 g/mol. The predicted molar refractivity (Wildman–Crippen MR) is 118 cm³/mol. The van der Waals surface area contributed by atoms with Gasteiger partial charge in [0.1, 0.15) is 5.82 Å². The van der Waals surface area contributed by atoms with E-state index in [1.54, 1.807) is 24.3 Å². The molecule has 1 fully saturated rings. The van der Waals surface area contributed by atoms with Crippen LogP contribution in [0.4, 0.5) is 9.18 Å². The molecule has 0 atom stereocenters. The first kappa shape index (κ1) is 21.4. The van der Waals surface area contributed by atoms with Crippen LogP contribution in [0.25, 0.3) is 16.8 Å². The number of carbonyl (C=O) groups excluding carboxylic acids is 3. The number of aromatic amines is 1. The lowest BCUT2D eigenvalue weighted by Crippen LogP contribution is -2.37. The molecule has 0 spiro atoms. The number of benzene rings is 2. The molecular weight excluding hydrogens is 435 g/mol. The molecule has 3 amide bonds. The van der Waals surface area contributed by atoms with E-state index in [1.807, 2.05) is 0 Å². The summed E-state index contributed by atoms with van der Waals surface area (Å²) in [5.41, 5.74) is 0.690. The summed E-state index contributed by atoms with van der Waals surface area (Å²) in [6.07, 6.45) is 1.46. The molecule has 3 aromatic rings. The zero-order valence-corrected chi connectivity index (χ0v) is 17.4. The van der Waals surface area contributed by atoms with Crippen LogP contribution < -0.4 is 10.9 Å². The fraction of sp³-hybridized carbons (Fsp3) is 0.136. The molecule has 0 radical (unpaired) electrons. The Morgan fingerprint density at radius 2 is 1.81 bits per heavy atom. The molecule has 2 aromatic carbocycles. The van der Waals surface area contributed by atoms with E-state index in [2.05, 4.69) is 15.5 Å². The maximum atomic E-state index is 13.0. The number of hydrogen-bond acceptors (Lipinski definition) is 6. The molecule has 162 valence electrons. The molecule has 8 nitrogen and oxygen atoms in total. The molecule has 1 aliphatic heterocycles. The summed E-state index contributed by atoms with van der Waals surface area (Å²) in [6, 6.07) is 12.4. The van der Waals surface area contributed by atoms with E-state index in [-0.39, 0.29) is 35.9 Å². The number of fused-ring (bicyclic) bond motifs is 1. The fourth-order valence-corrected chi connectivity index (χ4v) is 4.10. The van der Waals surface area contributed by atoms with Crippen LogP contribution in [0.1, 0.15) is 11.3 Å². The first-order chi connectivity index (χ1) is 15.4. The van der Waals surface area contributed by atoms with Crippen LogP contribution in [0, 0.1) is 5.82 Å². The number of nitrogens with one attached hydrogen (secondary N) is 2. The molecule has 0 unspecified atom stereocenters. The van der Waals surface area contributed by atoms with E-state index in [1.165, 1.54) is 30.3 Å². The fourth-order valence-electron chi connectivity index (χ4n) is 3.23. The summed E-state index contributed by atoms with van der Waals surface area (Å²) in [4.78, 5) is 50.2. The lowest BCUT2D eigenvalue weighted by atomic mass is 10.1. The summed E-state index contributed by atoms with van der Waals surface area (Å²) < 4.78 is 13.0. The summed E-state index contributed by atoms with van der Waals surface area (Å²) in [6.45, 7) is 0.0823. The first-order valence-electron chi connectivity index (χ1n) is 9.66. The van der Waals surface area contributed by atoms with Crippen LogP contribution in [0.5, 0.6) is 0 Å². The topological polar surface area (TPSA) is 112 Å². The van der Waals surface area contributed by atoms with Gasteiger partial charge < -0.3 is 5.32 Å². The third-order valence-corrected chi connectivity index (χ3v) is 5.71. The Bertz CT molecular complexity index is 1300. The zero-order valence-electron chi connectivity index (χ0n) is 16.6. The van der Waals surface area contributed by atoms with Gasteiger partial charge in [-0.3, -0.25) is 24.1 Å². The van der Waals surface area contributed by atoms with E-state index in [4.69, 9.17) is 0 Å². The number of nitrogens with zero attached hydrogens (tertiary/aromatic N) is 2. The van der Waals surface area contributed by atoms with Crippen molar-refractivity contribution in [2.24, 2.45) is 0 Å². The van der Waals surface area contributed by atoms with Crippen molar-refractivity contribution >= 4 is 45.7 Å². The first-order valence-corrected chi connectivity index (χ1v) is 10.5. The van der Waals surface area contributed by atoms with E-state index < -0.39 is 17.0 Å². The van der Waals surface area contributed by atoms with Crippen molar-refractivity contribution in [1.29, 1.82) is 0 Å². The molecule has 1 aliphatic rings. The van der Waals surface area contributed by atoms with Crippen molar-refractivity contribution in [3.8, 4) is 0 Å². The second-order valence-electron chi connectivity index (χ2n) is 6.96. The summed E-state index contributed by atoms with van der Waals surface area (Å²) in [7, 11) is 0. The molecule has 0 aliphatic carbocycles. The number of H-pyrrole nitrogens is 1. The second-order valence-corrected chi connectivity index (χ2v) is 7.95. The van der Waals surface area contributed by atoms with Crippen LogP contribution in [-0.4, -0.2) is 45.2 Å². The third-order valence-electron chi connectivity index (χ3n) is 4.80. The van der Waals surface area contributed by atoms with E-state index in [9.17, 15) is 23.6 Å². The molecule has 10 heteroatoms. The highest BCUT2D eigenvalue weighted by molar-refractivity contribution is 8.18. The van der Waals surface area contributed by atoms with Crippen molar-refractivity contribution < 1.29 is 18.8 Å².